The highest BCUT2D eigenvalue weighted by Crippen LogP contribution is 2.41. The first-order valence-electron chi connectivity index (χ1n) is 5.13. The molecule has 0 saturated heterocycles. The minimum Gasteiger partial charge on any atom is -0.295 e. The molecule has 1 fully saturated rings. The van der Waals surface area contributed by atoms with Crippen molar-refractivity contribution in [2.75, 3.05) is 0 Å². The van der Waals surface area contributed by atoms with Crippen LogP contribution in [0.1, 0.15) is 25.7 Å². The molecule has 0 aromatic carbocycles. The summed E-state index contributed by atoms with van der Waals surface area (Å²) in [7, 11) is 0. The molecule has 3 unspecified atom stereocenters. The quantitative estimate of drug-likeness (QED) is 0.477. The summed E-state index contributed by atoms with van der Waals surface area (Å²) in [6, 6.07) is 0. The van der Waals surface area contributed by atoms with Crippen LogP contribution in [0.3, 0.4) is 0 Å². The van der Waals surface area contributed by atoms with Crippen molar-refractivity contribution in [1.29, 1.82) is 0 Å². The lowest BCUT2D eigenvalue weighted by Gasteiger charge is -2.37. The second-order valence-electron chi connectivity index (χ2n) is 4.26. The lowest BCUT2D eigenvalue weighted by atomic mass is 9.67. The molecule has 3 aliphatic carbocycles. The van der Waals surface area contributed by atoms with Gasteiger partial charge in [-0.05, 0) is 43.1 Å². The lowest BCUT2D eigenvalue weighted by molar-refractivity contribution is -0.116. The van der Waals surface area contributed by atoms with E-state index >= 15 is 0 Å². The molecule has 2 bridgehead atoms. The van der Waals surface area contributed by atoms with E-state index in [0.717, 1.165) is 12.3 Å². The number of allylic oxidation sites excluding steroid dienone is 3. The molecule has 0 amide bonds. The topological polar surface area (TPSA) is 17.1 Å². The highest BCUT2D eigenvalue weighted by atomic mass is 16.1. The standard InChI is InChI=1S/C12H16O/c1-2-12(13)8-11-7-9-3-5-10(11)6-4-9/h2-3,5,9-11H,1,4,6-8H2. The molecule has 1 heteroatoms. The van der Waals surface area contributed by atoms with E-state index in [1.165, 1.54) is 25.3 Å². The Labute approximate surface area is 79.5 Å². The minimum absolute atomic E-state index is 0.214. The summed E-state index contributed by atoms with van der Waals surface area (Å²) < 4.78 is 0. The second-order valence-corrected chi connectivity index (χ2v) is 4.26. The van der Waals surface area contributed by atoms with Crippen molar-refractivity contribution in [3.63, 3.8) is 0 Å². The average molecular weight is 176 g/mol. The molecular weight excluding hydrogens is 160 g/mol. The summed E-state index contributed by atoms with van der Waals surface area (Å²) in [5.41, 5.74) is 0. The predicted molar refractivity (Wildman–Crippen MR) is 53.3 cm³/mol. The second kappa shape index (κ2) is 3.49. The fourth-order valence-corrected chi connectivity index (χ4v) is 2.63. The molecule has 0 radical (unpaired) electrons. The molecule has 0 aromatic rings. The summed E-state index contributed by atoms with van der Waals surface area (Å²) in [6.07, 6.45) is 10.7. The fraction of sp³-hybridized carbons (Fsp3) is 0.583. The van der Waals surface area contributed by atoms with E-state index < -0.39 is 0 Å². The molecule has 1 nitrogen and oxygen atoms in total. The molecule has 0 N–H and O–H groups in total. The van der Waals surface area contributed by atoms with Gasteiger partial charge in [-0.15, -0.1) is 0 Å². The molecule has 0 heterocycles. The Kier molecular flexibility index (Phi) is 2.34. The molecule has 70 valence electrons. The Bertz CT molecular complexity index is 252. The van der Waals surface area contributed by atoms with Crippen LogP contribution in [0.15, 0.2) is 24.8 Å². The first kappa shape index (κ1) is 8.74. The van der Waals surface area contributed by atoms with Gasteiger partial charge in [0.25, 0.3) is 0 Å². The van der Waals surface area contributed by atoms with Crippen molar-refractivity contribution in [1.82, 2.24) is 0 Å². The van der Waals surface area contributed by atoms with Crippen LogP contribution in [0.4, 0.5) is 0 Å². The van der Waals surface area contributed by atoms with Crippen molar-refractivity contribution in [3.8, 4) is 0 Å². The number of carbonyl (C=O) groups is 1. The predicted octanol–water partition coefficient (Wildman–Crippen LogP) is 2.73. The van der Waals surface area contributed by atoms with E-state index in [2.05, 4.69) is 18.7 Å². The molecule has 0 spiro atoms. The van der Waals surface area contributed by atoms with Crippen LogP contribution in [0, 0.1) is 17.8 Å². The summed E-state index contributed by atoms with van der Waals surface area (Å²) >= 11 is 0. The maximum Gasteiger partial charge on any atom is 0.155 e. The van der Waals surface area contributed by atoms with Crippen LogP contribution in [-0.2, 0) is 4.79 Å². The fourth-order valence-electron chi connectivity index (χ4n) is 2.63. The van der Waals surface area contributed by atoms with Gasteiger partial charge in [0.15, 0.2) is 5.78 Å². The van der Waals surface area contributed by atoms with Gasteiger partial charge in [0.05, 0.1) is 0 Å². The molecule has 3 atom stereocenters. The monoisotopic (exact) mass is 176 g/mol. The van der Waals surface area contributed by atoms with E-state index in [0.29, 0.717) is 11.8 Å². The molecule has 3 aliphatic rings. The van der Waals surface area contributed by atoms with Gasteiger partial charge in [-0.2, -0.15) is 0 Å². The SMILES string of the molecule is C=CC(=O)CC1CC2C=CC1CC2. The van der Waals surface area contributed by atoms with Crippen molar-refractivity contribution < 1.29 is 4.79 Å². The Morgan fingerprint density at radius 3 is 2.77 bits per heavy atom. The zero-order chi connectivity index (χ0) is 9.26. The largest absolute Gasteiger partial charge is 0.295 e. The van der Waals surface area contributed by atoms with Crippen LogP contribution < -0.4 is 0 Å². The molecule has 0 aromatic heterocycles. The minimum atomic E-state index is 0.214. The number of fused-ring (bicyclic) bond motifs is 2. The Hall–Kier alpha value is -0.850. The van der Waals surface area contributed by atoms with Crippen LogP contribution >= 0.6 is 0 Å². The zero-order valence-electron chi connectivity index (χ0n) is 7.91. The highest BCUT2D eigenvalue weighted by molar-refractivity contribution is 5.89. The van der Waals surface area contributed by atoms with Crippen LogP contribution in [0.2, 0.25) is 0 Å². The van der Waals surface area contributed by atoms with Gasteiger partial charge in [-0.1, -0.05) is 18.7 Å². The van der Waals surface area contributed by atoms with Crippen molar-refractivity contribution in [3.05, 3.63) is 24.8 Å². The number of ketones is 1. The van der Waals surface area contributed by atoms with Crippen molar-refractivity contribution in [2.45, 2.75) is 25.7 Å². The first-order chi connectivity index (χ1) is 6.29. The van der Waals surface area contributed by atoms with E-state index in [-0.39, 0.29) is 5.78 Å². The Morgan fingerprint density at radius 1 is 1.46 bits per heavy atom. The van der Waals surface area contributed by atoms with Gasteiger partial charge < -0.3 is 0 Å². The Balaban J connectivity index is 1.99. The van der Waals surface area contributed by atoms with Crippen LogP contribution in [-0.4, -0.2) is 5.78 Å². The number of carbonyl (C=O) groups excluding carboxylic acids is 1. The van der Waals surface area contributed by atoms with Crippen molar-refractivity contribution in [2.24, 2.45) is 17.8 Å². The third-order valence-electron chi connectivity index (χ3n) is 3.40. The Morgan fingerprint density at radius 2 is 2.31 bits per heavy atom. The number of rotatable bonds is 3. The third-order valence-corrected chi connectivity index (χ3v) is 3.40. The molecule has 0 aliphatic heterocycles. The normalized spacial score (nSPS) is 36.2. The lowest BCUT2D eigenvalue weighted by Crippen LogP contribution is -2.28. The van der Waals surface area contributed by atoms with Gasteiger partial charge in [-0.3, -0.25) is 4.79 Å². The molecular formula is C12H16O. The van der Waals surface area contributed by atoms with E-state index in [4.69, 9.17) is 0 Å². The first-order valence-corrected chi connectivity index (χ1v) is 5.13. The van der Waals surface area contributed by atoms with Gasteiger partial charge >= 0.3 is 0 Å². The highest BCUT2D eigenvalue weighted by Gasteiger charge is 2.32. The smallest absolute Gasteiger partial charge is 0.155 e. The number of hydrogen-bond acceptors (Lipinski definition) is 1. The van der Waals surface area contributed by atoms with Gasteiger partial charge in [-0.25, -0.2) is 0 Å². The van der Waals surface area contributed by atoms with Crippen molar-refractivity contribution >= 4 is 5.78 Å². The third kappa shape index (κ3) is 1.74. The zero-order valence-corrected chi connectivity index (χ0v) is 7.91. The maximum atomic E-state index is 11.2. The van der Waals surface area contributed by atoms with E-state index in [9.17, 15) is 4.79 Å². The van der Waals surface area contributed by atoms with Crippen LogP contribution in [0.25, 0.3) is 0 Å². The van der Waals surface area contributed by atoms with E-state index in [1.54, 1.807) is 0 Å². The molecule has 3 rings (SSSR count). The van der Waals surface area contributed by atoms with Gasteiger partial charge in [0.1, 0.15) is 0 Å². The van der Waals surface area contributed by atoms with Gasteiger partial charge in [0, 0.05) is 6.42 Å². The number of hydrogen-bond donors (Lipinski definition) is 0. The summed E-state index contributed by atoms with van der Waals surface area (Å²) in [5, 5.41) is 0. The average Bonchev–Trinajstić information content (AvgIpc) is 2.19. The summed E-state index contributed by atoms with van der Waals surface area (Å²) in [5.74, 6) is 2.25. The maximum absolute atomic E-state index is 11.2. The van der Waals surface area contributed by atoms with Gasteiger partial charge in [0.2, 0.25) is 0 Å². The summed E-state index contributed by atoms with van der Waals surface area (Å²) in [4.78, 5) is 11.2. The van der Waals surface area contributed by atoms with E-state index in [1.807, 2.05) is 0 Å². The van der Waals surface area contributed by atoms with Crippen LogP contribution in [0.5, 0.6) is 0 Å². The molecule has 13 heavy (non-hydrogen) atoms. The summed E-state index contributed by atoms with van der Waals surface area (Å²) in [6.45, 7) is 3.52. The molecule has 1 saturated carbocycles.